The Morgan fingerprint density at radius 1 is 1.36 bits per heavy atom. The Bertz CT molecular complexity index is 745. The molecule has 0 saturated carbocycles. The molecule has 0 spiro atoms. The first-order valence-corrected chi connectivity index (χ1v) is 7.17. The number of carbonyl (C=O) groups is 2. The van der Waals surface area contributed by atoms with E-state index in [-0.39, 0.29) is 16.5 Å². The van der Waals surface area contributed by atoms with E-state index in [1.165, 1.54) is 11.4 Å². The number of amides is 2. The second-order valence-electron chi connectivity index (χ2n) is 4.50. The monoisotopic (exact) mass is 324 g/mol. The number of alkyl halides is 2. The number of benzene rings is 1. The summed E-state index contributed by atoms with van der Waals surface area (Å²) < 4.78 is 28.8. The van der Waals surface area contributed by atoms with Crippen LogP contribution in [0.4, 0.5) is 14.5 Å². The van der Waals surface area contributed by atoms with E-state index >= 15 is 0 Å². The highest BCUT2D eigenvalue weighted by Gasteiger charge is 2.21. The maximum absolute atomic E-state index is 12.3. The second-order valence-corrected chi connectivity index (χ2v) is 5.42. The van der Waals surface area contributed by atoms with Crippen LogP contribution in [0.5, 0.6) is 5.75 Å². The average molecular weight is 324 g/mol. The van der Waals surface area contributed by atoms with Crippen molar-refractivity contribution >= 4 is 28.8 Å². The molecule has 2 heterocycles. The van der Waals surface area contributed by atoms with E-state index in [0.29, 0.717) is 17.8 Å². The summed E-state index contributed by atoms with van der Waals surface area (Å²) in [6.45, 7) is -2.54. The maximum atomic E-state index is 12.3. The van der Waals surface area contributed by atoms with Crippen LogP contribution in [0.15, 0.2) is 29.6 Å². The molecule has 0 unspecified atom stereocenters. The Balaban J connectivity index is 1.79. The molecule has 2 aromatic rings. The first-order chi connectivity index (χ1) is 10.5. The number of anilines is 1. The third-order valence-corrected chi connectivity index (χ3v) is 4.00. The van der Waals surface area contributed by atoms with Gasteiger partial charge in [0.05, 0.1) is 0 Å². The van der Waals surface area contributed by atoms with Crippen LogP contribution in [0.3, 0.4) is 0 Å². The summed E-state index contributed by atoms with van der Waals surface area (Å²) >= 11 is 0.995. The van der Waals surface area contributed by atoms with Crippen LogP contribution in [-0.4, -0.2) is 18.4 Å². The lowest BCUT2D eigenvalue weighted by Gasteiger charge is -2.08. The first-order valence-electron chi connectivity index (χ1n) is 6.29. The topological polar surface area (TPSA) is 67.4 Å². The summed E-state index contributed by atoms with van der Waals surface area (Å²) in [5.41, 5.74) is 1.76. The molecule has 0 bridgehead atoms. The van der Waals surface area contributed by atoms with Crippen molar-refractivity contribution < 1.29 is 23.1 Å². The normalized spacial score (nSPS) is 13.0. The molecule has 1 aliphatic rings. The molecule has 1 aliphatic heterocycles. The van der Waals surface area contributed by atoms with Gasteiger partial charge in [0.1, 0.15) is 10.6 Å². The molecule has 3 rings (SSSR count). The van der Waals surface area contributed by atoms with Crippen molar-refractivity contribution in [3.63, 3.8) is 0 Å². The largest absolute Gasteiger partial charge is 0.433 e. The summed E-state index contributed by atoms with van der Waals surface area (Å²) in [7, 11) is 0. The smallest absolute Gasteiger partial charge is 0.387 e. The molecule has 22 heavy (non-hydrogen) atoms. The van der Waals surface area contributed by atoms with E-state index in [1.54, 1.807) is 18.2 Å². The number of thiophene rings is 1. The van der Waals surface area contributed by atoms with E-state index in [1.807, 2.05) is 0 Å². The predicted molar refractivity (Wildman–Crippen MR) is 76.5 cm³/mol. The molecular weight excluding hydrogens is 314 g/mol. The van der Waals surface area contributed by atoms with Crippen molar-refractivity contribution in [1.82, 2.24) is 5.32 Å². The molecule has 2 amide bonds. The molecule has 0 atom stereocenters. The summed E-state index contributed by atoms with van der Waals surface area (Å²) in [5.74, 6) is -0.940. The van der Waals surface area contributed by atoms with Crippen LogP contribution in [-0.2, 0) is 6.54 Å². The molecule has 0 fully saturated rings. The van der Waals surface area contributed by atoms with Crippen molar-refractivity contribution in [2.45, 2.75) is 13.2 Å². The lowest BCUT2D eigenvalue weighted by molar-refractivity contribution is -0.0498. The van der Waals surface area contributed by atoms with E-state index in [4.69, 9.17) is 0 Å². The molecule has 1 aromatic carbocycles. The van der Waals surface area contributed by atoms with Crippen LogP contribution >= 0.6 is 11.3 Å². The van der Waals surface area contributed by atoms with Gasteiger partial charge in [-0.15, -0.1) is 11.3 Å². The number of fused-ring (bicyclic) bond motifs is 1. The van der Waals surface area contributed by atoms with Crippen LogP contribution in [0.2, 0.25) is 0 Å². The van der Waals surface area contributed by atoms with Gasteiger partial charge in [-0.1, -0.05) is 6.07 Å². The first kappa shape index (κ1) is 14.5. The van der Waals surface area contributed by atoms with Gasteiger partial charge < -0.3 is 15.4 Å². The number of carbonyl (C=O) groups excluding carboxylic acids is 2. The highest BCUT2D eigenvalue weighted by molar-refractivity contribution is 7.12. The van der Waals surface area contributed by atoms with Crippen molar-refractivity contribution in [3.05, 3.63) is 45.6 Å². The zero-order chi connectivity index (χ0) is 15.7. The lowest BCUT2D eigenvalue weighted by atomic mass is 10.1. The molecule has 1 aromatic heterocycles. The highest BCUT2D eigenvalue weighted by atomic mass is 32.1. The minimum Gasteiger partial charge on any atom is -0.433 e. The fraction of sp³-hybridized carbons (Fsp3) is 0.143. The number of halogens is 2. The Morgan fingerprint density at radius 2 is 2.18 bits per heavy atom. The number of hydrogen-bond acceptors (Lipinski definition) is 4. The van der Waals surface area contributed by atoms with Gasteiger partial charge in [-0.2, -0.15) is 8.78 Å². The standard InChI is InChI=1S/C14H10F2N2O3S/c15-14(16)21-10-3-4-22-11(10)13(20)18-8-2-1-7-6-17-12(19)9(7)5-8/h1-5,14H,6H2,(H,17,19)(H,18,20). The Hall–Kier alpha value is -2.48. The zero-order valence-corrected chi connectivity index (χ0v) is 11.9. The maximum Gasteiger partial charge on any atom is 0.387 e. The molecule has 5 nitrogen and oxygen atoms in total. The fourth-order valence-electron chi connectivity index (χ4n) is 2.13. The van der Waals surface area contributed by atoms with Gasteiger partial charge in [0.2, 0.25) is 0 Å². The molecule has 114 valence electrons. The van der Waals surface area contributed by atoms with Crippen LogP contribution in [0.1, 0.15) is 25.6 Å². The second kappa shape index (κ2) is 5.72. The lowest BCUT2D eigenvalue weighted by Crippen LogP contribution is -2.14. The third-order valence-electron chi connectivity index (χ3n) is 3.10. The Morgan fingerprint density at radius 3 is 2.95 bits per heavy atom. The van der Waals surface area contributed by atoms with Crippen molar-refractivity contribution in [2.75, 3.05) is 5.32 Å². The Labute approximate surface area is 127 Å². The summed E-state index contributed by atoms with van der Waals surface area (Å²) in [4.78, 5) is 23.8. The molecular formula is C14H10F2N2O3S. The van der Waals surface area contributed by atoms with Gasteiger partial charge in [-0.25, -0.2) is 0 Å². The van der Waals surface area contributed by atoms with Gasteiger partial charge in [0.25, 0.3) is 11.8 Å². The highest BCUT2D eigenvalue weighted by Crippen LogP contribution is 2.28. The molecule has 2 N–H and O–H groups in total. The number of ether oxygens (including phenoxy) is 1. The summed E-state index contributed by atoms with van der Waals surface area (Å²) in [5, 5.41) is 6.73. The van der Waals surface area contributed by atoms with E-state index in [2.05, 4.69) is 15.4 Å². The minimum atomic E-state index is -3.00. The number of nitrogens with one attached hydrogen (secondary N) is 2. The predicted octanol–water partition coefficient (Wildman–Crippen LogP) is 2.85. The number of hydrogen-bond donors (Lipinski definition) is 2. The fourth-order valence-corrected chi connectivity index (χ4v) is 2.85. The molecule has 0 saturated heterocycles. The SMILES string of the molecule is O=C1NCc2ccc(NC(=O)c3sccc3OC(F)F)cc21. The van der Waals surface area contributed by atoms with Crippen LogP contribution in [0.25, 0.3) is 0 Å². The van der Waals surface area contributed by atoms with E-state index in [0.717, 1.165) is 16.9 Å². The van der Waals surface area contributed by atoms with Crippen LogP contribution < -0.4 is 15.4 Å². The molecule has 0 radical (unpaired) electrons. The molecule has 0 aliphatic carbocycles. The van der Waals surface area contributed by atoms with Gasteiger partial charge in [-0.05, 0) is 29.1 Å². The minimum absolute atomic E-state index is 0.0465. The van der Waals surface area contributed by atoms with E-state index < -0.39 is 12.5 Å². The Kier molecular flexibility index (Phi) is 3.76. The molecule has 8 heteroatoms. The van der Waals surface area contributed by atoms with Gasteiger partial charge >= 0.3 is 6.61 Å². The third kappa shape index (κ3) is 2.77. The van der Waals surface area contributed by atoms with Gasteiger partial charge in [0.15, 0.2) is 0 Å². The van der Waals surface area contributed by atoms with Crippen LogP contribution in [0, 0.1) is 0 Å². The average Bonchev–Trinajstić information content (AvgIpc) is 3.06. The van der Waals surface area contributed by atoms with Crippen molar-refractivity contribution in [3.8, 4) is 5.75 Å². The summed E-state index contributed by atoms with van der Waals surface area (Å²) in [6, 6.07) is 6.24. The number of rotatable bonds is 4. The van der Waals surface area contributed by atoms with E-state index in [9.17, 15) is 18.4 Å². The van der Waals surface area contributed by atoms with Gasteiger partial charge in [0, 0.05) is 17.8 Å². The van der Waals surface area contributed by atoms with Crippen molar-refractivity contribution in [1.29, 1.82) is 0 Å². The van der Waals surface area contributed by atoms with Crippen molar-refractivity contribution in [2.24, 2.45) is 0 Å². The quantitative estimate of drug-likeness (QED) is 0.909. The zero-order valence-electron chi connectivity index (χ0n) is 11.1. The van der Waals surface area contributed by atoms with Gasteiger partial charge in [-0.3, -0.25) is 9.59 Å². The summed E-state index contributed by atoms with van der Waals surface area (Å²) in [6.07, 6.45) is 0.